The molecule has 1 atom stereocenters. The van der Waals surface area contributed by atoms with Crippen LogP contribution in [0.15, 0.2) is 54.9 Å². The molecule has 3 aromatic rings. The summed E-state index contributed by atoms with van der Waals surface area (Å²) in [4.78, 5) is 22.5. The standard InChI is InChI=1S/C20H18FN3O2/c21-15-11-22-20(23-12-15)26-16-7-4-10-24(13-16)19(25)18-9-3-6-14-5-1-2-8-17(14)18/h1-3,5-6,8-9,11-12,16H,4,7,10,13H2. The Hall–Kier alpha value is -3.02. The lowest BCUT2D eigenvalue weighted by atomic mass is 10.0. The molecule has 1 aromatic heterocycles. The van der Waals surface area contributed by atoms with Crippen molar-refractivity contribution in [3.05, 3.63) is 66.2 Å². The van der Waals surface area contributed by atoms with Crippen LogP contribution in [-0.4, -0.2) is 40.0 Å². The summed E-state index contributed by atoms with van der Waals surface area (Å²) in [6.45, 7) is 1.15. The van der Waals surface area contributed by atoms with Crippen molar-refractivity contribution >= 4 is 16.7 Å². The number of hydrogen-bond acceptors (Lipinski definition) is 4. The molecule has 4 rings (SSSR count). The molecule has 0 N–H and O–H groups in total. The number of hydrogen-bond donors (Lipinski definition) is 0. The van der Waals surface area contributed by atoms with Crippen LogP contribution in [0.4, 0.5) is 4.39 Å². The van der Waals surface area contributed by atoms with E-state index >= 15 is 0 Å². The molecule has 26 heavy (non-hydrogen) atoms. The lowest BCUT2D eigenvalue weighted by Gasteiger charge is -2.32. The highest BCUT2D eigenvalue weighted by molar-refractivity contribution is 6.07. The van der Waals surface area contributed by atoms with E-state index in [1.54, 1.807) is 4.90 Å². The van der Waals surface area contributed by atoms with Gasteiger partial charge in [-0.05, 0) is 29.7 Å². The van der Waals surface area contributed by atoms with Crippen LogP contribution in [0.3, 0.4) is 0 Å². The van der Waals surface area contributed by atoms with E-state index in [9.17, 15) is 9.18 Å². The van der Waals surface area contributed by atoms with Crippen molar-refractivity contribution in [3.8, 4) is 6.01 Å². The minimum absolute atomic E-state index is 0.00451. The SMILES string of the molecule is O=C(c1cccc2ccccc12)N1CCCC(Oc2ncc(F)cn2)C1. The zero-order chi connectivity index (χ0) is 17.9. The zero-order valence-electron chi connectivity index (χ0n) is 14.1. The average Bonchev–Trinajstić information content (AvgIpc) is 2.69. The highest BCUT2D eigenvalue weighted by Gasteiger charge is 2.27. The quantitative estimate of drug-likeness (QED) is 0.725. The Morgan fingerprint density at radius 1 is 1.12 bits per heavy atom. The molecular weight excluding hydrogens is 333 g/mol. The molecule has 0 aliphatic carbocycles. The number of halogens is 1. The van der Waals surface area contributed by atoms with Crippen LogP contribution < -0.4 is 4.74 Å². The first-order chi connectivity index (χ1) is 12.7. The summed E-state index contributed by atoms with van der Waals surface area (Å²) in [5, 5.41) is 1.99. The number of amides is 1. The van der Waals surface area contributed by atoms with Crippen molar-refractivity contribution in [2.24, 2.45) is 0 Å². The number of fused-ring (bicyclic) bond motifs is 1. The van der Waals surface area contributed by atoms with Crippen LogP contribution in [0, 0.1) is 5.82 Å². The summed E-state index contributed by atoms with van der Waals surface area (Å²) in [6.07, 6.45) is 3.59. The van der Waals surface area contributed by atoms with Crippen LogP contribution in [0.5, 0.6) is 6.01 Å². The predicted molar refractivity (Wildman–Crippen MR) is 95.5 cm³/mol. The van der Waals surface area contributed by atoms with Crippen molar-refractivity contribution in [1.29, 1.82) is 0 Å². The summed E-state index contributed by atoms with van der Waals surface area (Å²) >= 11 is 0. The highest BCUT2D eigenvalue weighted by atomic mass is 19.1. The summed E-state index contributed by atoms with van der Waals surface area (Å²) in [6, 6.07) is 13.8. The van der Waals surface area contributed by atoms with E-state index in [4.69, 9.17) is 4.74 Å². The Morgan fingerprint density at radius 3 is 2.73 bits per heavy atom. The lowest BCUT2D eigenvalue weighted by molar-refractivity contribution is 0.0517. The Bertz CT molecular complexity index is 924. The van der Waals surface area contributed by atoms with E-state index in [2.05, 4.69) is 9.97 Å². The molecule has 1 fully saturated rings. The van der Waals surface area contributed by atoms with Gasteiger partial charge in [0.1, 0.15) is 6.10 Å². The van der Waals surface area contributed by atoms with Gasteiger partial charge in [-0.1, -0.05) is 36.4 Å². The van der Waals surface area contributed by atoms with Crippen LogP contribution in [-0.2, 0) is 0 Å². The van der Waals surface area contributed by atoms with Gasteiger partial charge in [-0.25, -0.2) is 14.4 Å². The molecule has 1 unspecified atom stereocenters. The van der Waals surface area contributed by atoms with Crippen molar-refractivity contribution < 1.29 is 13.9 Å². The molecule has 2 aromatic carbocycles. The second-order valence-electron chi connectivity index (χ2n) is 6.34. The third-order valence-corrected chi connectivity index (χ3v) is 4.55. The molecular formula is C20H18FN3O2. The van der Waals surface area contributed by atoms with Crippen LogP contribution in [0.25, 0.3) is 10.8 Å². The fourth-order valence-corrected chi connectivity index (χ4v) is 3.31. The van der Waals surface area contributed by atoms with E-state index in [-0.39, 0.29) is 18.0 Å². The second kappa shape index (κ2) is 7.07. The Kier molecular flexibility index (Phi) is 4.48. The van der Waals surface area contributed by atoms with E-state index in [1.165, 1.54) is 0 Å². The molecule has 2 heterocycles. The molecule has 6 heteroatoms. The van der Waals surface area contributed by atoms with Gasteiger partial charge < -0.3 is 9.64 Å². The zero-order valence-corrected chi connectivity index (χ0v) is 14.1. The number of piperidine rings is 1. The molecule has 1 aliphatic heterocycles. The minimum Gasteiger partial charge on any atom is -0.458 e. The topological polar surface area (TPSA) is 55.3 Å². The molecule has 5 nitrogen and oxygen atoms in total. The fraction of sp³-hybridized carbons (Fsp3) is 0.250. The van der Waals surface area contributed by atoms with Crippen molar-refractivity contribution in [2.75, 3.05) is 13.1 Å². The number of carbonyl (C=O) groups is 1. The minimum atomic E-state index is -0.506. The number of likely N-dealkylation sites (tertiary alicyclic amines) is 1. The van der Waals surface area contributed by atoms with Gasteiger partial charge in [0.15, 0.2) is 5.82 Å². The normalized spacial score (nSPS) is 17.3. The maximum absolute atomic E-state index is 13.0. The third-order valence-electron chi connectivity index (χ3n) is 4.55. The van der Waals surface area contributed by atoms with E-state index < -0.39 is 5.82 Å². The number of carbonyl (C=O) groups excluding carboxylic acids is 1. The number of nitrogens with zero attached hydrogens (tertiary/aromatic N) is 3. The van der Waals surface area contributed by atoms with Crippen LogP contribution in [0.1, 0.15) is 23.2 Å². The van der Waals surface area contributed by atoms with Crippen molar-refractivity contribution in [3.63, 3.8) is 0 Å². The van der Waals surface area contributed by atoms with Gasteiger partial charge in [-0.3, -0.25) is 4.79 Å². The largest absolute Gasteiger partial charge is 0.458 e. The Labute approximate surface area is 150 Å². The highest BCUT2D eigenvalue weighted by Crippen LogP contribution is 2.23. The first-order valence-electron chi connectivity index (χ1n) is 8.62. The first-order valence-corrected chi connectivity index (χ1v) is 8.62. The molecule has 1 saturated heterocycles. The molecule has 1 amide bonds. The Morgan fingerprint density at radius 2 is 1.88 bits per heavy atom. The van der Waals surface area contributed by atoms with Crippen LogP contribution in [0.2, 0.25) is 0 Å². The van der Waals surface area contributed by atoms with Gasteiger partial charge in [-0.15, -0.1) is 0 Å². The fourth-order valence-electron chi connectivity index (χ4n) is 3.31. The summed E-state index contributed by atoms with van der Waals surface area (Å²) in [5.41, 5.74) is 0.696. The molecule has 0 radical (unpaired) electrons. The third kappa shape index (κ3) is 3.35. The average molecular weight is 351 g/mol. The number of rotatable bonds is 3. The number of aromatic nitrogens is 2. The van der Waals surface area contributed by atoms with Crippen molar-refractivity contribution in [2.45, 2.75) is 18.9 Å². The smallest absolute Gasteiger partial charge is 0.316 e. The van der Waals surface area contributed by atoms with E-state index in [1.807, 2.05) is 42.5 Å². The summed E-state index contributed by atoms with van der Waals surface area (Å²) < 4.78 is 18.6. The second-order valence-corrected chi connectivity index (χ2v) is 6.34. The summed E-state index contributed by atoms with van der Waals surface area (Å²) in [7, 11) is 0. The van der Waals surface area contributed by atoms with E-state index in [0.717, 1.165) is 36.0 Å². The maximum atomic E-state index is 13.0. The summed E-state index contributed by atoms with van der Waals surface area (Å²) in [5.74, 6) is -0.510. The maximum Gasteiger partial charge on any atom is 0.316 e. The van der Waals surface area contributed by atoms with Gasteiger partial charge in [0.05, 0.1) is 18.9 Å². The monoisotopic (exact) mass is 351 g/mol. The van der Waals surface area contributed by atoms with Gasteiger partial charge >= 0.3 is 6.01 Å². The van der Waals surface area contributed by atoms with Crippen molar-refractivity contribution in [1.82, 2.24) is 14.9 Å². The van der Waals surface area contributed by atoms with Crippen LogP contribution >= 0.6 is 0 Å². The van der Waals surface area contributed by atoms with Gasteiger partial charge in [0.25, 0.3) is 5.91 Å². The van der Waals surface area contributed by atoms with E-state index in [0.29, 0.717) is 18.7 Å². The number of ether oxygens (including phenoxy) is 1. The molecule has 132 valence electrons. The first kappa shape index (κ1) is 16.4. The molecule has 0 spiro atoms. The van der Waals surface area contributed by atoms with Gasteiger partial charge in [0, 0.05) is 12.1 Å². The number of benzene rings is 2. The molecule has 0 bridgehead atoms. The predicted octanol–water partition coefficient (Wildman–Crippen LogP) is 3.45. The Balaban J connectivity index is 1.51. The van der Waals surface area contributed by atoms with Gasteiger partial charge in [-0.2, -0.15) is 0 Å². The lowest BCUT2D eigenvalue weighted by Crippen LogP contribution is -2.44. The molecule has 1 aliphatic rings. The van der Waals surface area contributed by atoms with Gasteiger partial charge in [0.2, 0.25) is 0 Å². The molecule has 0 saturated carbocycles.